The zero-order valence-corrected chi connectivity index (χ0v) is 32.0. The second-order valence-electron chi connectivity index (χ2n) is 14.5. The second-order valence-corrected chi connectivity index (χ2v) is 14.5. The van der Waals surface area contributed by atoms with Crippen LogP contribution in [0.5, 0.6) is 0 Å². The number of aromatic nitrogens is 6. The van der Waals surface area contributed by atoms with Crippen molar-refractivity contribution < 1.29 is 28.7 Å². The SMILES string of the molecule is COC(=O)N[C@@H](C)C(=O)N1CCC[C@@H]1c1nc2ccc(-c3cnc(-c4ccc(-c5cnc(C6CCCN6C(=O)[C@@H](NC(=O)OC)C(C)C)[nH]5)cc4)nc3)cc2[nH]1. The highest BCUT2D eigenvalue weighted by Gasteiger charge is 2.38. The zero-order valence-electron chi connectivity index (χ0n) is 32.0. The maximum atomic E-state index is 13.5. The standard InChI is InChI=1S/C40H46N10O6/c1-22(2)33(48-40(54)56-5)38(52)50-17-6-8-31(50)35-43-21-30(47-35)24-10-12-25(13-11-24)34-41-19-27(20-42-34)26-14-15-28-29(18-26)46-36(45-28)32-9-7-16-49(32)37(51)23(3)44-39(53)55-4/h10-15,18-23,31-33H,6-9,16-17H2,1-5H3,(H,43,47)(H,44,53)(H,45,46)(H,48,54)/t23-,31?,32+,33-/m0/s1. The lowest BCUT2D eigenvalue weighted by molar-refractivity contribution is -0.135. The Labute approximate surface area is 323 Å². The fraction of sp³-hybridized carbons (Fsp3) is 0.400. The van der Waals surface area contributed by atoms with Gasteiger partial charge in [0.15, 0.2) is 5.82 Å². The van der Waals surface area contributed by atoms with E-state index in [1.165, 1.54) is 14.2 Å². The van der Waals surface area contributed by atoms with E-state index in [2.05, 4.69) is 40.3 Å². The number of ether oxygens (including phenoxy) is 2. The summed E-state index contributed by atoms with van der Waals surface area (Å²) in [5.74, 6) is 1.54. The Morgan fingerprint density at radius 2 is 1.32 bits per heavy atom. The fourth-order valence-corrected chi connectivity index (χ4v) is 7.50. The van der Waals surface area contributed by atoms with Crippen LogP contribution in [-0.2, 0) is 19.1 Å². The minimum absolute atomic E-state index is 0.113. The van der Waals surface area contributed by atoms with Gasteiger partial charge in [0, 0.05) is 36.6 Å². The van der Waals surface area contributed by atoms with Gasteiger partial charge in [0.05, 0.1) is 49.2 Å². The van der Waals surface area contributed by atoms with Crippen molar-refractivity contribution in [3.8, 4) is 33.8 Å². The van der Waals surface area contributed by atoms with Gasteiger partial charge in [-0.2, -0.15) is 0 Å². The van der Waals surface area contributed by atoms with Gasteiger partial charge in [-0.1, -0.05) is 44.2 Å². The summed E-state index contributed by atoms with van der Waals surface area (Å²) in [6, 6.07) is 11.9. The molecule has 2 saturated heterocycles. The number of nitrogens with zero attached hydrogens (tertiary/aromatic N) is 6. The molecule has 0 saturated carbocycles. The van der Waals surface area contributed by atoms with E-state index in [4.69, 9.17) is 9.72 Å². The summed E-state index contributed by atoms with van der Waals surface area (Å²) in [4.78, 5) is 79.5. The molecule has 7 rings (SSSR count). The molecule has 0 aliphatic carbocycles. The molecule has 16 nitrogen and oxygen atoms in total. The number of aromatic amines is 2. The van der Waals surface area contributed by atoms with Gasteiger partial charge >= 0.3 is 12.2 Å². The third-order valence-electron chi connectivity index (χ3n) is 10.5. The highest BCUT2D eigenvalue weighted by molar-refractivity contribution is 5.87. The van der Waals surface area contributed by atoms with Crippen LogP contribution in [0.25, 0.3) is 44.8 Å². The van der Waals surface area contributed by atoms with Crippen LogP contribution in [0.4, 0.5) is 9.59 Å². The Hall–Kier alpha value is -6.32. The van der Waals surface area contributed by atoms with Crippen molar-refractivity contribution in [2.75, 3.05) is 27.3 Å². The summed E-state index contributed by atoms with van der Waals surface area (Å²) >= 11 is 0. The summed E-state index contributed by atoms with van der Waals surface area (Å²) < 4.78 is 9.40. The first-order valence-electron chi connectivity index (χ1n) is 18.8. The number of hydrogen-bond donors (Lipinski definition) is 4. The average Bonchev–Trinajstić information content (AvgIpc) is 4.05. The van der Waals surface area contributed by atoms with E-state index in [1.54, 1.807) is 35.3 Å². The third-order valence-corrected chi connectivity index (χ3v) is 10.5. The molecule has 4 N–H and O–H groups in total. The highest BCUT2D eigenvalue weighted by Crippen LogP contribution is 2.35. The van der Waals surface area contributed by atoms with E-state index >= 15 is 0 Å². The van der Waals surface area contributed by atoms with Crippen molar-refractivity contribution in [2.45, 2.75) is 70.6 Å². The number of rotatable bonds is 10. The molecule has 16 heteroatoms. The number of methoxy groups -OCH3 is 2. The molecule has 2 aliphatic rings. The lowest BCUT2D eigenvalue weighted by Gasteiger charge is -2.30. The molecule has 0 bridgehead atoms. The molecule has 0 spiro atoms. The van der Waals surface area contributed by atoms with Crippen LogP contribution in [0.1, 0.15) is 70.2 Å². The van der Waals surface area contributed by atoms with Crippen LogP contribution in [0.3, 0.4) is 0 Å². The van der Waals surface area contributed by atoms with Gasteiger partial charge < -0.3 is 39.9 Å². The molecule has 2 aliphatic heterocycles. The molecular weight excluding hydrogens is 717 g/mol. The van der Waals surface area contributed by atoms with Crippen LogP contribution >= 0.6 is 0 Å². The zero-order chi connectivity index (χ0) is 39.5. The Bertz CT molecular complexity index is 2220. The number of carbonyl (C=O) groups excluding carboxylic acids is 4. The maximum absolute atomic E-state index is 13.5. The minimum Gasteiger partial charge on any atom is -0.453 e. The largest absolute Gasteiger partial charge is 0.453 e. The van der Waals surface area contributed by atoms with Crippen molar-refractivity contribution in [1.82, 2.24) is 50.3 Å². The van der Waals surface area contributed by atoms with Crippen molar-refractivity contribution in [3.05, 3.63) is 72.7 Å². The molecule has 2 fully saturated rings. The van der Waals surface area contributed by atoms with Crippen LogP contribution in [0.15, 0.2) is 61.1 Å². The number of benzene rings is 2. The minimum atomic E-state index is -0.721. The summed E-state index contributed by atoms with van der Waals surface area (Å²) in [5, 5.41) is 5.24. The normalized spacial score (nSPS) is 17.9. The molecule has 292 valence electrons. The summed E-state index contributed by atoms with van der Waals surface area (Å²) in [7, 11) is 2.55. The van der Waals surface area contributed by atoms with E-state index in [-0.39, 0.29) is 29.8 Å². The summed E-state index contributed by atoms with van der Waals surface area (Å²) in [6.07, 6.45) is 7.29. The predicted molar refractivity (Wildman–Crippen MR) is 207 cm³/mol. The van der Waals surface area contributed by atoms with Gasteiger partial charge in [-0.25, -0.2) is 29.5 Å². The van der Waals surface area contributed by atoms with Gasteiger partial charge in [0.25, 0.3) is 0 Å². The molecule has 4 amide bonds. The van der Waals surface area contributed by atoms with E-state index in [0.29, 0.717) is 30.6 Å². The first-order valence-corrected chi connectivity index (χ1v) is 18.8. The highest BCUT2D eigenvalue weighted by atomic mass is 16.5. The number of alkyl carbamates (subject to hydrolysis) is 2. The van der Waals surface area contributed by atoms with Gasteiger partial charge in [-0.05, 0) is 61.8 Å². The monoisotopic (exact) mass is 762 g/mol. The summed E-state index contributed by atoms with van der Waals surface area (Å²) in [6.45, 7) is 6.60. The van der Waals surface area contributed by atoms with E-state index in [1.807, 2.05) is 56.3 Å². The van der Waals surface area contributed by atoms with Gasteiger partial charge in [-0.15, -0.1) is 0 Å². The number of imidazole rings is 2. The lowest BCUT2D eigenvalue weighted by Crippen LogP contribution is -2.51. The van der Waals surface area contributed by atoms with E-state index < -0.39 is 24.3 Å². The van der Waals surface area contributed by atoms with Crippen LogP contribution in [-0.4, -0.2) is 103 Å². The second kappa shape index (κ2) is 16.2. The molecular formula is C40H46N10O6. The number of carbonyl (C=O) groups is 4. The predicted octanol–water partition coefficient (Wildman–Crippen LogP) is 5.53. The molecule has 1 unspecified atom stereocenters. The molecule has 2 aromatic carbocycles. The Balaban J connectivity index is 1.01. The number of likely N-dealkylation sites (tertiary alicyclic amines) is 2. The Morgan fingerprint density at radius 1 is 0.714 bits per heavy atom. The van der Waals surface area contributed by atoms with Crippen LogP contribution in [0.2, 0.25) is 0 Å². The fourth-order valence-electron chi connectivity index (χ4n) is 7.50. The van der Waals surface area contributed by atoms with Crippen LogP contribution in [0, 0.1) is 5.92 Å². The van der Waals surface area contributed by atoms with E-state index in [9.17, 15) is 19.2 Å². The van der Waals surface area contributed by atoms with Crippen molar-refractivity contribution in [2.24, 2.45) is 5.92 Å². The first kappa shape index (κ1) is 38.0. The van der Waals surface area contributed by atoms with Crippen molar-refractivity contribution >= 4 is 35.0 Å². The molecule has 0 radical (unpaired) electrons. The topological polar surface area (TPSA) is 200 Å². The number of H-pyrrole nitrogens is 2. The first-order chi connectivity index (χ1) is 27.0. The van der Waals surface area contributed by atoms with Gasteiger partial charge in [0.2, 0.25) is 11.8 Å². The maximum Gasteiger partial charge on any atom is 0.407 e. The average molecular weight is 763 g/mol. The number of nitrogens with one attached hydrogen (secondary N) is 4. The molecule has 3 aromatic heterocycles. The number of fused-ring (bicyclic) bond motifs is 1. The number of hydrogen-bond acceptors (Lipinski definition) is 10. The Morgan fingerprint density at radius 3 is 1.98 bits per heavy atom. The van der Waals surface area contributed by atoms with E-state index in [0.717, 1.165) is 64.7 Å². The van der Waals surface area contributed by atoms with Crippen molar-refractivity contribution in [3.63, 3.8) is 0 Å². The quantitative estimate of drug-likeness (QED) is 0.140. The van der Waals surface area contributed by atoms with Crippen molar-refractivity contribution in [1.29, 1.82) is 0 Å². The van der Waals surface area contributed by atoms with Crippen LogP contribution < -0.4 is 10.6 Å². The van der Waals surface area contributed by atoms with Gasteiger partial charge in [-0.3, -0.25) is 9.59 Å². The number of amides is 4. The third kappa shape index (κ3) is 7.76. The van der Waals surface area contributed by atoms with Gasteiger partial charge in [0.1, 0.15) is 23.7 Å². The smallest absolute Gasteiger partial charge is 0.407 e. The molecule has 4 atom stereocenters. The molecule has 56 heavy (non-hydrogen) atoms. The summed E-state index contributed by atoms with van der Waals surface area (Å²) in [5.41, 5.74) is 5.98. The molecule has 5 heterocycles. The molecule has 5 aromatic rings. The Kier molecular flexibility index (Phi) is 11.0. The lowest BCUT2D eigenvalue weighted by atomic mass is 10.0.